The Hall–Kier alpha value is -3.48. The number of esters is 1. The monoisotopic (exact) mass is 467 g/mol. The van der Waals surface area contributed by atoms with Gasteiger partial charge in [-0.15, -0.1) is 0 Å². The van der Waals surface area contributed by atoms with E-state index >= 15 is 0 Å². The number of carbonyl (C=O) groups excluding carboxylic acids is 2. The molecule has 0 radical (unpaired) electrons. The second-order valence-corrected chi connectivity index (χ2v) is 8.13. The Morgan fingerprint density at radius 2 is 1.68 bits per heavy atom. The summed E-state index contributed by atoms with van der Waals surface area (Å²) in [7, 11) is 0. The van der Waals surface area contributed by atoms with Crippen LogP contribution in [0.2, 0.25) is 0 Å². The number of rotatable bonds is 13. The molecule has 0 saturated heterocycles. The van der Waals surface area contributed by atoms with Gasteiger partial charge in [-0.3, -0.25) is 4.79 Å². The number of benzene rings is 2. The molecule has 0 spiro atoms. The minimum atomic E-state index is -0.399. The Labute approximate surface area is 200 Å². The Morgan fingerprint density at radius 1 is 0.971 bits per heavy atom. The average Bonchev–Trinajstić information content (AvgIpc) is 3.25. The number of phenolic OH excluding ortho intramolecular Hbond substituents is 1. The third-order valence-corrected chi connectivity index (χ3v) is 5.59. The highest BCUT2D eigenvalue weighted by Crippen LogP contribution is 2.27. The van der Waals surface area contributed by atoms with Gasteiger partial charge < -0.3 is 23.9 Å². The van der Waals surface area contributed by atoms with Crippen LogP contribution in [0.25, 0.3) is 10.9 Å². The number of aromatic nitrogens is 1. The van der Waals surface area contributed by atoms with Crippen LogP contribution < -0.4 is 9.47 Å². The van der Waals surface area contributed by atoms with Crippen LogP contribution in [0.4, 0.5) is 0 Å². The third kappa shape index (κ3) is 6.31. The third-order valence-electron chi connectivity index (χ3n) is 5.59. The number of hydrogen-bond donors (Lipinski definition) is 1. The minimum absolute atomic E-state index is 0.0487. The number of ketones is 1. The maximum atomic E-state index is 12.1. The zero-order chi connectivity index (χ0) is 24.5. The fourth-order valence-corrected chi connectivity index (χ4v) is 3.69. The molecule has 0 aliphatic rings. The predicted molar refractivity (Wildman–Crippen MR) is 131 cm³/mol. The molecule has 182 valence electrons. The fraction of sp³-hybridized carbons (Fsp3) is 0.407. The van der Waals surface area contributed by atoms with Gasteiger partial charge in [-0.2, -0.15) is 0 Å². The first-order chi connectivity index (χ1) is 16.4. The summed E-state index contributed by atoms with van der Waals surface area (Å²) in [6.07, 6.45) is 4.70. The molecular formula is C27H33NO6. The largest absolute Gasteiger partial charge is 0.507 e. The van der Waals surface area contributed by atoms with Gasteiger partial charge in [0.25, 0.3) is 0 Å². The first kappa shape index (κ1) is 25.1. The predicted octanol–water partition coefficient (Wildman–Crippen LogP) is 5.69. The van der Waals surface area contributed by atoms with Crippen molar-refractivity contribution in [3.8, 4) is 17.2 Å². The standard InChI is InChI=1S/C27H33NO6/c1-4-6-8-25(29)23-11-9-22(18-26(23)30)34-16-7-15-33-21-10-12-24-20(17-21)13-14-28(24)19(3)27(31)32-5-2/h9-14,17-19,30H,4-8,15-16H2,1-3H3. The Bertz CT molecular complexity index is 1120. The maximum absolute atomic E-state index is 12.1. The van der Waals surface area contributed by atoms with Crippen molar-refractivity contribution >= 4 is 22.7 Å². The number of nitrogens with zero attached hydrogens (tertiary/aromatic N) is 1. The van der Waals surface area contributed by atoms with E-state index in [-0.39, 0.29) is 17.5 Å². The van der Waals surface area contributed by atoms with E-state index in [4.69, 9.17) is 14.2 Å². The van der Waals surface area contributed by atoms with Crippen LogP contribution in [0.15, 0.2) is 48.7 Å². The molecule has 1 aromatic heterocycles. The molecular weight excluding hydrogens is 434 g/mol. The van der Waals surface area contributed by atoms with Crippen molar-refractivity contribution in [2.75, 3.05) is 19.8 Å². The highest BCUT2D eigenvalue weighted by molar-refractivity contribution is 5.98. The Kier molecular flexibility index (Phi) is 8.96. The van der Waals surface area contributed by atoms with Crippen LogP contribution in [0.3, 0.4) is 0 Å². The van der Waals surface area contributed by atoms with Gasteiger partial charge in [0.2, 0.25) is 0 Å². The molecule has 1 heterocycles. The van der Waals surface area contributed by atoms with Crippen molar-refractivity contribution in [1.82, 2.24) is 4.57 Å². The quantitative estimate of drug-likeness (QED) is 0.197. The van der Waals surface area contributed by atoms with Crippen LogP contribution in [0, 0.1) is 0 Å². The van der Waals surface area contributed by atoms with Gasteiger partial charge in [0.05, 0.1) is 25.4 Å². The topological polar surface area (TPSA) is 87.0 Å². The van der Waals surface area contributed by atoms with E-state index in [1.807, 2.05) is 48.9 Å². The number of ether oxygens (including phenoxy) is 3. The first-order valence-electron chi connectivity index (χ1n) is 11.8. The molecule has 7 nitrogen and oxygen atoms in total. The van der Waals surface area contributed by atoms with Gasteiger partial charge in [0.15, 0.2) is 5.78 Å². The molecule has 0 amide bonds. The lowest BCUT2D eigenvalue weighted by Gasteiger charge is -2.14. The lowest BCUT2D eigenvalue weighted by molar-refractivity contribution is -0.146. The molecule has 3 aromatic rings. The molecule has 2 aromatic carbocycles. The van der Waals surface area contributed by atoms with Crippen molar-refractivity contribution in [2.45, 2.75) is 52.5 Å². The van der Waals surface area contributed by atoms with Crippen molar-refractivity contribution < 1.29 is 28.9 Å². The molecule has 0 aliphatic carbocycles. The van der Waals surface area contributed by atoms with Gasteiger partial charge in [-0.25, -0.2) is 4.79 Å². The normalized spacial score (nSPS) is 11.9. The lowest BCUT2D eigenvalue weighted by atomic mass is 10.0. The van der Waals surface area contributed by atoms with E-state index in [0.717, 1.165) is 29.5 Å². The molecule has 1 unspecified atom stereocenters. The molecule has 3 rings (SSSR count). The molecule has 1 N–H and O–H groups in total. The molecule has 0 saturated carbocycles. The molecule has 0 fully saturated rings. The van der Waals surface area contributed by atoms with E-state index in [0.29, 0.717) is 44.0 Å². The van der Waals surface area contributed by atoms with Crippen LogP contribution in [-0.2, 0) is 9.53 Å². The number of fused-ring (bicyclic) bond motifs is 1. The number of unbranched alkanes of at least 4 members (excludes halogenated alkanes) is 1. The van der Waals surface area contributed by atoms with Crippen LogP contribution in [0.5, 0.6) is 17.2 Å². The number of Topliss-reactive ketones (excluding diaryl/α,β-unsaturated/α-hetero) is 1. The Balaban J connectivity index is 1.48. The molecule has 1 atom stereocenters. The maximum Gasteiger partial charge on any atom is 0.328 e. The van der Waals surface area contributed by atoms with E-state index in [2.05, 4.69) is 0 Å². The number of phenols is 1. The van der Waals surface area contributed by atoms with Gasteiger partial charge in [-0.05, 0) is 56.7 Å². The van der Waals surface area contributed by atoms with Crippen LogP contribution in [0.1, 0.15) is 62.9 Å². The smallest absolute Gasteiger partial charge is 0.328 e. The summed E-state index contributed by atoms with van der Waals surface area (Å²) in [5.74, 6) is 0.894. The van der Waals surface area contributed by atoms with E-state index in [1.54, 1.807) is 19.1 Å². The van der Waals surface area contributed by atoms with Gasteiger partial charge in [0, 0.05) is 36.0 Å². The number of aromatic hydroxyl groups is 1. The summed E-state index contributed by atoms with van der Waals surface area (Å²) in [6, 6.07) is 12.1. The zero-order valence-corrected chi connectivity index (χ0v) is 20.1. The van der Waals surface area contributed by atoms with Crippen LogP contribution >= 0.6 is 0 Å². The SMILES string of the molecule is CCCCC(=O)c1ccc(OCCCOc2ccc3c(ccn3C(C)C(=O)OCC)c2)cc1O. The highest BCUT2D eigenvalue weighted by Gasteiger charge is 2.17. The molecule has 0 aliphatic heterocycles. The summed E-state index contributed by atoms with van der Waals surface area (Å²) in [4.78, 5) is 24.2. The van der Waals surface area contributed by atoms with Crippen LogP contribution in [-0.4, -0.2) is 41.2 Å². The summed E-state index contributed by atoms with van der Waals surface area (Å²) >= 11 is 0. The second-order valence-electron chi connectivity index (χ2n) is 8.13. The van der Waals surface area contributed by atoms with Gasteiger partial charge in [-0.1, -0.05) is 13.3 Å². The average molecular weight is 468 g/mol. The summed E-state index contributed by atoms with van der Waals surface area (Å²) in [6.45, 7) is 6.87. The minimum Gasteiger partial charge on any atom is -0.507 e. The highest BCUT2D eigenvalue weighted by atomic mass is 16.5. The number of carbonyl (C=O) groups is 2. The zero-order valence-electron chi connectivity index (χ0n) is 20.1. The van der Waals surface area contributed by atoms with Crippen molar-refractivity contribution in [1.29, 1.82) is 0 Å². The van der Waals surface area contributed by atoms with E-state index < -0.39 is 6.04 Å². The molecule has 7 heteroatoms. The van der Waals surface area contributed by atoms with Gasteiger partial charge >= 0.3 is 5.97 Å². The molecule has 34 heavy (non-hydrogen) atoms. The summed E-state index contributed by atoms with van der Waals surface area (Å²) in [5.41, 5.74) is 1.28. The van der Waals surface area contributed by atoms with Crippen molar-refractivity contribution in [3.63, 3.8) is 0 Å². The molecule has 0 bridgehead atoms. The first-order valence-corrected chi connectivity index (χ1v) is 11.8. The van der Waals surface area contributed by atoms with Crippen molar-refractivity contribution in [2.24, 2.45) is 0 Å². The summed E-state index contributed by atoms with van der Waals surface area (Å²) in [5, 5.41) is 11.1. The Morgan fingerprint density at radius 3 is 2.35 bits per heavy atom. The second kappa shape index (κ2) is 12.1. The number of hydrogen-bond acceptors (Lipinski definition) is 6. The fourth-order valence-electron chi connectivity index (χ4n) is 3.69. The lowest BCUT2D eigenvalue weighted by Crippen LogP contribution is -2.18. The summed E-state index contributed by atoms with van der Waals surface area (Å²) < 4.78 is 18.5. The van der Waals surface area contributed by atoms with E-state index in [9.17, 15) is 14.7 Å². The van der Waals surface area contributed by atoms with Gasteiger partial charge in [0.1, 0.15) is 23.3 Å². The van der Waals surface area contributed by atoms with Crippen molar-refractivity contribution in [3.05, 3.63) is 54.2 Å². The van der Waals surface area contributed by atoms with E-state index in [1.165, 1.54) is 6.07 Å².